The van der Waals surface area contributed by atoms with Crippen molar-refractivity contribution in [2.75, 3.05) is 13.2 Å². The van der Waals surface area contributed by atoms with Crippen LogP contribution in [-0.4, -0.2) is 25.2 Å². The third-order valence-electron chi connectivity index (χ3n) is 3.70. The van der Waals surface area contributed by atoms with E-state index in [-0.39, 0.29) is 30.1 Å². The Morgan fingerprint density at radius 1 is 0.750 bits per heavy atom. The number of carbonyl (C=O) groups is 2. The van der Waals surface area contributed by atoms with Crippen LogP contribution in [-0.2, 0) is 4.74 Å². The second-order valence-electron chi connectivity index (χ2n) is 5.69. The molecule has 5 nitrogen and oxygen atoms in total. The Hall–Kier alpha value is -3.67. The molecule has 142 valence electrons. The van der Waals surface area contributed by atoms with Gasteiger partial charge in [-0.2, -0.15) is 0 Å². The van der Waals surface area contributed by atoms with Crippen molar-refractivity contribution in [2.24, 2.45) is 0 Å². The van der Waals surface area contributed by atoms with E-state index in [2.05, 4.69) is 0 Å². The minimum Gasteiger partial charge on any atom is -0.490 e. The monoisotopic (exact) mass is 380 g/mol. The van der Waals surface area contributed by atoms with Crippen LogP contribution in [0.25, 0.3) is 0 Å². The van der Waals surface area contributed by atoms with Gasteiger partial charge < -0.3 is 14.2 Å². The largest absolute Gasteiger partial charge is 0.490 e. The molecule has 0 atom stereocenters. The Morgan fingerprint density at radius 2 is 1.46 bits per heavy atom. The van der Waals surface area contributed by atoms with Crippen LogP contribution >= 0.6 is 0 Å². The average Bonchev–Trinajstić information content (AvgIpc) is 2.72. The number of rotatable bonds is 7. The minimum absolute atomic E-state index is 0.0625. The minimum atomic E-state index is -0.847. The van der Waals surface area contributed by atoms with Crippen LogP contribution in [0.4, 0.5) is 4.39 Å². The first kappa shape index (κ1) is 19.1. The highest BCUT2D eigenvalue weighted by atomic mass is 19.1. The van der Waals surface area contributed by atoms with E-state index in [0.29, 0.717) is 5.75 Å². The predicted molar refractivity (Wildman–Crippen MR) is 100 cm³/mol. The zero-order chi connectivity index (χ0) is 19.8. The van der Waals surface area contributed by atoms with Gasteiger partial charge in [-0.05, 0) is 42.5 Å². The van der Waals surface area contributed by atoms with Crippen molar-refractivity contribution < 1.29 is 28.2 Å². The first-order valence-corrected chi connectivity index (χ1v) is 8.55. The molecule has 3 rings (SSSR count). The summed E-state index contributed by atoms with van der Waals surface area (Å²) in [5, 5.41) is 0. The van der Waals surface area contributed by atoms with Crippen molar-refractivity contribution in [1.29, 1.82) is 0 Å². The van der Waals surface area contributed by atoms with Crippen LogP contribution in [0.3, 0.4) is 0 Å². The van der Waals surface area contributed by atoms with Crippen LogP contribution in [0.1, 0.15) is 20.7 Å². The Labute approximate surface area is 161 Å². The molecule has 0 spiro atoms. The van der Waals surface area contributed by atoms with Crippen molar-refractivity contribution in [3.8, 4) is 11.5 Å². The Bertz CT molecular complexity index is 956. The molecule has 3 aromatic rings. The summed E-state index contributed by atoms with van der Waals surface area (Å²) >= 11 is 0. The number of ether oxygens (including phenoxy) is 3. The second-order valence-corrected chi connectivity index (χ2v) is 5.69. The van der Waals surface area contributed by atoms with Gasteiger partial charge in [-0.25, -0.2) is 14.0 Å². The average molecular weight is 380 g/mol. The molecule has 6 heteroatoms. The summed E-state index contributed by atoms with van der Waals surface area (Å²) in [6, 6.07) is 20.6. The maximum absolute atomic E-state index is 13.7. The van der Waals surface area contributed by atoms with Crippen LogP contribution in [0.15, 0.2) is 78.9 Å². The van der Waals surface area contributed by atoms with Gasteiger partial charge in [0, 0.05) is 0 Å². The topological polar surface area (TPSA) is 61.8 Å². The molecular weight excluding hydrogens is 363 g/mol. The van der Waals surface area contributed by atoms with Crippen molar-refractivity contribution in [3.63, 3.8) is 0 Å². The summed E-state index contributed by atoms with van der Waals surface area (Å²) < 4.78 is 29.4. The summed E-state index contributed by atoms with van der Waals surface area (Å²) in [5.41, 5.74) is 0.0204. The fourth-order valence-corrected chi connectivity index (χ4v) is 2.37. The molecule has 0 aromatic heterocycles. The number of hydrogen-bond donors (Lipinski definition) is 0. The molecule has 0 aliphatic carbocycles. The van der Waals surface area contributed by atoms with Crippen molar-refractivity contribution in [3.05, 3.63) is 95.8 Å². The third kappa shape index (κ3) is 5.17. The van der Waals surface area contributed by atoms with E-state index in [9.17, 15) is 14.0 Å². The molecule has 0 bridgehead atoms. The Kier molecular flexibility index (Phi) is 6.36. The molecule has 0 unspecified atom stereocenters. The lowest BCUT2D eigenvalue weighted by molar-refractivity contribution is 0.0449. The molecule has 0 N–H and O–H groups in total. The van der Waals surface area contributed by atoms with E-state index in [1.165, 1.54) is 42.5 Å². The predicted octanol–water partition coefficient (Wildman–Crippen LogP) is 4.28. The fraction of sp³-hybridized carbons (Fsp3) is 0.0909. The summed E-state index contributed by atoms with van der Waals surface area (Å²) in [7, 11) is 0. The van der Waals surface area contributed by atoms with E-state index in [1.54, 1.807) is 18.2 Å². The van der Waals surface area contributed by atoms with Gasteiger partial charge in [0.1, 0.15) is 30.5 Å². The van der Waals surface area contributed by atoms with Crippen molar-refractivity contribution >= 4 is 11.9 Å². The molecular formula is C22H17FO5. The van der Waals surface area contributed by atoms with Crippen LogP contribution in [0.2, 0.25) is 0 Å². The number of para-hydroxylation sites is 1. The van der Waals surface area contributed by atoms with Gasteiger partial charge in [-0.1, -0.05) is 36.4 Å². The zero-order valence-electron chi connectivity index (χ0n) is 14.8. The quantitative estimate of drug-likeness (QED) is 0.348. The molecule has 0 aliphatic heterocycles. The highest BCUT2D eigenvalue weighted by molar-refractivity contribution is 5.92. The van der Waals surface area contributed by atoms with Crippen molar-refractivity contribution in [1.82, 2.24) is 0 Å². The molecule has 0 fully saturated rings. The Balaban J connectivity index is 1.54. The first-order chi connectivity index (χ1) is 13.6. The number of esters is 2. The lowest BCUT2D eigenvalue weighted by atomic mass is 10.2. The second kappa shape index (κ2) is 9.32. The van der Waals surface area contributed by atoms with E-state index in [1.807, 2.05) is 18.2 Å². The number of carbonyl (C=O) groups excluding carboxylic acids is 2. The maximum atomic E-state index is 13.7. The standard InChI is InChI=1S/C22H17FO5/c23-20-12-5-4-11-19(20)22(25)28-18-10-6-7-16(15-18)21(24)27-14-13-26-17-8-2-1-3-9-17/h1-12,15H,13-14H2. The normalized spacial score (nSPS) is 10.2. The molecule has 28 heavy (non-hydrogen) atoms. The summed E-state index contributed by atoms with van der Waals surface area (Å²) in [6.07, 6.45) is 0. The van der Waals surface area contributed by atoms with E-state index in [4.69, 9.17) is 14.2 Å². The van der Waals surface area contributed by atoms with Crippen molar-refractivity contribution in [2.45, 2.75) is 0 Å². The first-order valence-electron chi connectivity index (χ1n) is 8.55. The highest BCUT2D eigenvalue weighted by Crippen LogP contribution is 2.17. The molecule has 0 amide bonds. The van der Waals surface area contributed by atoms with Crippen LogP contribution < -0.4 is 9.47 Å². The number of benzene rings is 3. The van der Waals surface area contributed by atoms with Crippen LogP contribution in [0.5, 0.6) is 11.5 Å². The van der Waals surface area contributed by atoms with Crippen LogP contribution in [0, 0.1) is 5.82 Å². The van der Waals surface area contributed by atoms with Gasteiger partial charge >= 0.3 is 11.9 Å². The molecule has 0 heterocycles. The Morgan fingerprint density at radius 3 is 2.25 bits per heavy atom. The molecule has 0 saturated carbocycles. The number of halogens is 1. The van der Waals surface area contributed by atoms with E-state index >= 15 is 0 Å². The lowest BCUT2D eigenvalue weighted by Gasteiger charge is -2.09. The van der Waals surface area contributed by atoms with Gasteiger partial charge in [0.05, 0.1) is 11.1 Å². The fourth-order valence-electron chi connectivity index (χ4n) is 2.37. The molecule has 0 saturated heterocycles. The highest BCUT2D eigenvalue weighted by Gasteiger charge is 2.15. The van der Waals surface area contributed by atoms with E-state index < -0.39 is 17.8 Å². The number of hydrogen-bond acceptors (Lipinski definition) is 5. The summed E-state index contributed by atoms with van der Waals surface area (Å²) in [5.74, 6) is -1.31. The molecule has 0 aliphatic rings. The molecule has 3 aromatic carbocycles. The summed E-state index contributed by atoms with van der Waals surface area (Å²) in [6.45, 7) is 0.269. The third-order valence-corrected chi connectivity index (χ3v) is 3.70. The van der Waals surface area contributed by atoms with Gasteiger partial charge in [-0.3, -0.25) is 0 Å². The van der Waals surface area contributed by atoms with Gasteiger partial charge in [-0.15, -0.1) is 0 Å². The van der Waals surface area contributed by atoms with Gasteiger partial charge in [0.2, 0.25) is 0 Å². The smallest absolute Gasteiger partial charge is 0.346 e. The van der Waals surface area contributed by atoms with E-state index in [0.717, 1.165) is 0 Å². The maximum Gasteiger partial charge on any atom is 0.346 e. The zero-order valence-corrected chi connectivity index (χ0v) is 14.8. The SMILES string of the molecule is O=C(OCCOc1ccccc1)c1cccc(OC(=O)c2ccccc2F)c1. The molecule has 0 radical (unpaired) electrons. The van der Waals surface area contributed by atoms with Gasteiger partial charge in [0.15, 0.2) is 0 Å². The lowest BCUT2D eigenvalue weighted by Crippen LogP contribution is -2.13. The van der Waals surface area contributed by atoms with Gasteiger partial charge in [0.25, 0.3) is 0 Å². The summed E-state index contributed by atoms with van der Waals surface area (Å²) in [4.78, 5) is 24.2.